The number of benzene rings is 2. The summed E-state index contributed by atoms with van der Waals surface area (Å²) >= 11 is 0. The fourth-order valence-corrected chi connectivity index (χ4v) is 5.00. The Morgan fingerprint density at radius 3 is 2.51 bits per heavy atom. The number of ether oxygens (including phenoxy) is 5. The standard InChI is InChI=1S/C29H42N2O6/c1-29(2,32)20-37-27-18-30-17-26(28(27)22-7-9-23(34-4)10-8-22)36-19-21-6-11-25-24(16-21)31(13-15-35-25)12-5-14-33-3/h6-11,16,26-28,30,32H,5,12-15,17-20H2,1-4H3/t26-,27+,28?/m0/s1. The second-order valence-electron chi connectivity index (χ2n) is 10.5. The van der Waals surface area contributed by atoms with Crippen LogP contribution < -0.4 is 19.7 Å². The lowest BCUT2D eigenvalue weighted by atomic mass is 9.85. The SMILES string of the molecule is COCCCN1CCOc2ccc(CO[C@H]3CNC[C@@H](OCC(C)(C)O)C3c3ccc(OC)cc3)cc21. The molecular formula is C29H42N2O6. The van der Waals surface area contributed by atoms with Crippen LogP contribution in [0, 0.1) is 0 Å². The number of aliphatic hydroxyl groups is 1. The molecule has 0 spiro atoms. The molecule has 2 N–H and O–H groups in total. The van der Waals surface area contributed by atoms with Crippen molar-refractivity contribution in [1.29, 1.82) is 0 Å². The van der Waals surface area contributed by atoms with Crippen LogP contribution in [0.4, 0.5) is 5.69 Å². The fraction of sp³-hybridized carbons (Fsp3) is 0.586. The third kappa shape index (κ3) is 7.58. The topological polar surface area (TPSA) is 81.7 Å². The Morgan fingerprint density at radius 2 is 1.81 bits per heavy atom. The maximum absolute atomic E-state index is 10.3. The first-order valence-electron chi connectivity index (χ1n) is 13.2. The Balaban J connectivity index is 1.49. The van der Waals surface area contributed by atoms with E-state index in [1.165, 1.54) is 0 Å². The summed E-state index contributed by atoms with van der Waals surface area (Å²) < 4.78 is 29.3. The lowest BCUT2D eigenvalue weighted by Crippen LogP contribution is -2.51. The molecule has 37 heavy (non-hydrogen) atoms. The largest absolute Gasteiger partial charge is 0.497 e. The zero-order chi connectivity index (χ0) is 26.3. The van der Waals surface area contributed by atoms with Crippen molar-refractivity contribution < 1.29 is 28.8 Å². The Kier molecular flexibility index (Phi) is 9.67. The van der Waals surface area contributed by atoms with Gasteiger partial charge in [-0.2, -0.15) is 0 Å². The Morgan fingerprint density at radius 1 is 1.05 bits per heavy atom. The number of nitrogens with one attached hydrogen (secondary N) is 1. The van der Waals surface area contributed by atoms with Crippen LogP contribution in [0.1, 0.15) is 37.3 Å². The monoisotopic (exact) mass is 514 g/mol. The number of nitrogens with zero attached hydrogens (tertiary/aromatic N) is 1. The van der Waals surface area contributed by atoms with Crippen molar-refractivity contribution in [3.63, 3.8) is 0 Å². The van der Waals surface area contributed by atoms with Crippen molar-refractivity contribution >= 4 is 5.69 Å². The van der Waals surface area contributed by atoms with Crippen molar-refractivity contribution in [3.05, 3.63) is 53.6 Å². The Bertz CT molecular complexity index is 977. The molecule has 2 aromatic rings. The smallest absolute Gasteiger partial charge is 0.142 e. The van der Waals surface area contributed by atoms with Gasteiger partial charge >= 0.3 is 0 Å². The summed E-state index contributed by atoms with van der Waals surface area (Å²) in [5.41, 5.74) is 2.45. The Hall–Kier alpha value is -2.36. The van der Waals surface area contributed by atoms with Gasteiger partial charge in [0.15, 0.2) is 0 Å². The highest BCUT2D eigenvalue weighted by Gasteiger charge is 2.37. The predicted octanol–water partition coefficient (Wildman–Crippen LogP) is 3.36. The maximum Gasteiger partial charge on any atom is 0.142 e. The molecule has 1 fully saturated rings. The molecule has 0 saturated carbocycles. The van der Waals surface area contributed by atoms with Crippen LogP contribution in [-0.4, -0.2) is 83.1 Å². The third-order valence-electron chi connectivity index (χ3n) is 6.87. The predicted molar refractivity (Wildman–Crippen MR) is 144 cm³/mol. The number of fused-ring (bicyclic) bond motifs is 1. The molecule has 4 rings (SSSR count). The molecule has 2 heterocycles. The van der Waals surface area contributed by atoms with Crippen molar-refractivity contribution in [2.45, 2.75) is 50.6 Å². The minimum atomic E-state index is -0.904. The number of rotatable bonds is 12. The molecule has 1 saturated heterocycles. The van der Waals surface area contributed by atoms with Gasteiger partial charge in [-0.05, 0) is 55.7 Å². The number of methoxy groups -OCH3 is 2. The summed E-state index contributed by atoms with van der Waals surface area (Å²) in [6.07, 6.45) is 0.741. The van der Waals surface area contributed by atoms with Gasteiger partial charge in [-0.15, -0.1) is 0 Å². The molecule has 0 aliphatic carbocycles. The van der Waals surface area contributed by atoms with Crippen molar-refractivity contribution in [2.75, 3.05) is 65.1 Å². The summed E-state index contributed by atoms with van der Waals surface area (Å²) in [4.78, 5) is 2.37. The zero-order valence-corrected chi connectivity index (χ0v) is 22.6. The van der Waals surface area contributed by atoms with Gasteiger partial charge in [0.25, 0.3) is 0 Å². The van der Waals surface area contributed by atoms with Crippen LogP contribution >= 0.6 is 0 Å². The lowest BCUT2D eigenvalue weighted by Gasteiger charge is -2.39. The first-order chi connectivity index (χ1) is 17.9. The van der Waals surface area contributed by atoms with E-state index in [1.54, 1.807) is 28.1 Å². The normalized spacial score (nSPS) is 21.9. The molecule has 2 aliphatic rings. The summed E-state index contributed by atoms with van der Waals surface area (Å²) in [5, 5.41) is 13.7. The van der Waals surface area contributed by atoms with Crippen LogP contribution in [-0.2, 0) is 20.8 Å². The average Bonchev–Trinajstić information content (AvgIpc) is 2.90. The summed E-state index contributed by atoms with van der Waals surface area (Å²) in [6, 6.07) is 14.4. The number of piperidine rings is 1. The van der Waals surface area contributed by atoms with E-state index >= 15 is 0 Å². The van der Waals surface area contributed by atoms with Gasteiger partial charge in [0.2, 0.25) is 0 Å². The summed E-state index contributed by atoms with van der Waals surface area (Å²) in [5.74, 6) is 1.75. The van der Waals surface area contributed by atoms with Gasteiger partial charge in [-0.25, -0.2) is 0 Å². The minimum absolute atomic E-state index is 0.0148. The van der Waals surface area contributed by atoms with Crippen LogP contribution in [0.5, 0.6) is 11.5 Å². The molecule has 0 radical (unpaired) electrons. The van der Waals surface area contributed by atoms with E-state index in [1.807, 2.05) is 18.2 Å². The fourth-order valence-electron chi connectivity index (χ4n) is 5.00. The highest BCUT2D eigenvalue weighted by molar-refractivity contribution is 5.61. The average molecular weight is 515 g/mol. The van der Waals surface area contributed by atoms with E-state index in [9.17, 15) is 5.11 Å². The van der Waals surface area contributed by atoms with E-state index in [2.05, 4.69) is 34.5 Å². The van der Waals surface area contributed by atoms with Gasteiger partial charge in [0.1, 0.15) is 18.1 Å². The lowest BCUT2D eigenvalue weighted by molar-refractivity contribution is -0.0964. The molecule has 1 unspecified atom stereocenters. The molecule has 3 atom stereocenters. The van der Waals surface area contributed by atoms with Gasteiger partial charge in [0.05, 0.1) is 50.4 Å². The van der Waals surface area contributed by atoms with E-state index in [4.69, 9.17) is 23.7 Å². The number of hydrogen-bond donors (Lipinski definition) is 2. The molecule has 2 aromatic carbocycles. The highest BCUT2D eigenvalue weighted by atomic mass is 16.5. The van der Waals surface area contributed by atoms with Crippen molar-refractivity contribution in [2.24, 2.45) is 0 Å². The van der Waals surface area contributed by atoms with E-state index < -0.39 is 5.60 Å². The second kappa shape index (κ2) is 12.9. The molecule has 8 heteroatoms. The van der Waals surface area contributed by atoms with E-state index in [-0.39, 0.29) is 24.7 Å². The van der Waals surface area contributed by atoms with E-state index in [0.717, 1.165) is 61.0 Å². The van der Waals surface area contributed by atoms with Gasteiger partial charge in [-0.1, -0.05) is 18.2 Å². The first-order valence-corrected chi connectivity index (χ1v) is 13.2. The molecule has 0 amide bonds. The molecular weight excluding hydrogens is 472 g/mol. The zero-order valence-electron chi connectivity index (χ0n) is 22.6. The van der Waals surface area contributed by atoms with Crippen LogP contribution in [0.2, 0.25) is 0 Å². The minimum Gasteiger partial charge on any atom is -0.497 e. The van der Waals surface area contributed by atoms with Gasteiger partial charge in [-0.3, -0.25) is 0 Å². The highest BCUT2D eigenvalue weighted by Crippen LogP contribution is 2.35. The first kappa shape index (κ1) is 27.7. The van der Waals surface area contributed by atoms with Crippen molar-refractivity contribution in [3.8, 4) is 11.5 Å². The molecule has 2 aliphatic heterocycles. The molecule has 0 aromatic heterocycles. The number of hydrogen-bond acceptors (Lipinski definition) is 8. The summed E-state index contributed by atoms with van der Waals surface area (Å²) in [7, 11) is 3.41. The molecule has 204 valence electrons. The van der Waals surface area contributed by atoms with Crippen LogP contribution in [0.25, 0.3) is 0 Å². The van der Waals surface area contributed by atoms with Gasteiger partial charge in [0, 0.05) is 39.3 Å². The molecule has 8 nitrogen and oxygen atoms in total. The number of anilines is 1. The third-order valence-corrected chi connectivity index (χ3v) is 6.87. The van der Waals surface area contributed by atoms with Crippen LogP contribution in [0.3, 0.4) is 0 Å². The molecule has 0 bridgehead atoms. The van der Waals surface area contributed by atoms with Crippen LogP contribution in [0.15, 0.2) is 42.5 Å². The van der Waals surface area contributed by atoms with E-state index in [0.29, 0.717) is 19.8 Å². The summed E-state index contributed by atoms with van der Waals surface area (Å²) in [6.45, 7) is 8.91. The second-order valence-corrected chi connectivity index (χ2v) is 10.5. The van der Waals surface area contributed by atoms with Gasteiger partial charge < -0.3 is 39.0 Å². The maximum atomic E-state index is 10.3. The van der Waals surface area contributed by atoms with Crippen molar-refractivity contribution in [1.82, 2.24) is 5.32 Å². The quantitative estimate of drug-likeness (QED) is 0.418. The Labute approximate surface area is 220 Å².